The molecule has 1 aliphatic rings. The molecular weight excluding hydrogens is 409 g/mol. The van der Waals surface area contributed by atoms with Crippen LogP contribution in [0, 0.1) is 17.1 Å². The minimum atomic E-state index is -3.58. The third-order valence-corrected chi connectivity index (χ3v) is 9.33. The van der Waals surface area contributed by atoms with Crippen molar-refractivity contribution >= 4 is 38.6 Å². The normalized spacial score (nSPS) is 23.5. The molecule has 1 atom stereocenters. The molecule has 3 rings (SSSR count). The van der Waals surface area contributed by atoms with Gasteiger partial charge < -0.3 is 5.73 Å². The maximum absolute atomic E-state index is 14.5. The molecule has 142 valence electrons. The highest BCUT2D eigenvalue weighted by atomic mass is 35.5. The molecule has 27 heavy (non-hydrogen) atoms. The van der Waals surface area contributed by atoms with Gasteiger partial charge in [0, 0.05) is 10.4 Å². The van der Waals surface area contributed by atoms with Gasteiger partial charge in [0.1, 0.15) is 28.0 Å². The van der Waals surface area contributed by atoms with Crippen molar-refractivity contribution < 1.29 is 12.8 Å². The number of hydrogen-bond donors (Lipinski definition) is 1. The number of nitrogens with zero attached hydrogens (tertiary/aromatic N) is 2. The van der Waals surface area contributed by atoms with Crippen LogP contribution in [0.2, 0.25) is 5.02 Å². The maximum Gasteiger partial charge on any atom is 0.165 e. The highest BCUT2D eigenvalue weighted by molar-refractivity contribution is 7.93. The highest BCUT2D eigenvalue weighted by Gasteiger charge is 2.49. The van der Waals surface area contributed by atoms with Crippen molar-refractivity contribution in [3.05, 3.63) is 45.5 Å². The van der Waals surface area contributed by atoms with E-state index in [0.717, 1.165) is 11.3 Å². The lowest BCUT2D eigenvalue weighted by Gasteiger charge is -2.37. The first-order valence-electron chi connectivity index (χ1n) is 8.00. The lowest BCUT2D eigenvalue weighted by molar-refractivity contribution is 0.507. The van der Waals surface area contributed by atoms with Gasteiger partial charge in [-0.15, -0.1) is 11.3 Å². The van der Waals surface area contributed by atoms with Crippen LogP contribution in [-0.2, 0) is 15.4 Å². The Morgan fingerprint density at radius 2 is 2.04 bits per heavy atom. The van der Waals surface area contributed by atoms with Crippen LogP contribution in [-0.4, -0.2) is 24.8 Å². The van der Waals surface area contributed by atoms with Gasteiger partial charge in [0.05, 0.1) is 21.2 Å². The Balaban J connectivity index is 2.17. The molecule has 1 aliphatic heterocycles. The molecule has 0 saturated carbocycles. The van der Waals surface area contributed by atoms with Crippen LogP contribution in [0.1, 0.15) is 31.2 Å². The summed E-state index contributed by atoms with van der Waals surface area (Å²) in [7, 11) is -3.58. The van der Waals surface area contributed by atoms with Crippen molar-refractivity contribution in [1.82, 2.24) is 0 Å². The van der Waals surface area contributed by atoms with E-state index < -0.39 is 25.9 Å². The summed E-state index contributed by atoms with van der Waals surface area (Å²) in [4.78, 5) is 5.43. The lowest BCUT2D eigenvalue weighted by Crippen LogP contribution is -2.54. The number of thiophene rings is 1. The van der Waals surface area contributed by atoms with Gasteiger partial charge in [-0.1, -0.05) is 23.7 Å². The van der Waals surface area contributed by atoms with Crippen LogP contribution >= 0.6 is 22.9 Å². The van der Waals surface area contributed by atoms with Crippen LogP contribution in [0.3, 0.4) is 0 Å². The Kier molecular flexibility index (Phi) is 4.62. The molecule has 1 unspecified atom stereocenters. The molecular formula is C18H17ClFN3O2S2. The molecule has 0 radical (unpaired) electrons. The average Bonchev–Trinajstić information content (AvgIpc) is 2.95. The zero-order valence-corrected chi connectivity index (χ0v) is 17.3. The molecule has 5 nitrogen and oxygen atoms in total. The molecule has 0 aliphatic carbocycles. The molecule has 2 N–H and O–H groups in total. The van der Waals surface area contributed by atoms with E-state index in [2.05, 4.69) is 4.99 Å². The summed E-state index contributed by atoms with van der Waals surface area (Å²) in [5.41, 5.74) is 4.96. The molecule has 0 amide bonds. The second-order valence-electron chi connectivity index (χ2n) is 7.11. The molecule has 2 heterocycles. The lowest BCUT2D eigenvalue weighted by atomic mass is 10.0. The summed E-state index contributed by atoms with van der Waals surface area (Å²) < 4.78 is 38.7. The van der Waals surface area contributed by atoms with Crippen molar-refractivity contribution in [2.75, 3.05) is 5.75 Å². The van der Waals surface area contributed by atoms with Crippen molar-refractivity contribution in [2.45, 2.75) is 31.1 Å². The number of benzene rings is 1. The highest BCUT2D eigenvalue weighted by Crippen LogP contribution is 2.46. The quantitative estimate of drug-likeness (QED) is 0.789. The minimum absolute atomic E-state index is 0.0138. The Hall–Kier alpha value is -1.95. The second-order valence-corrected chi connectivity index (χ2v) is 11.1. The van der Waals surface area contributed by atoms with Gasteiger partial charge in [0.15, 0.2) is 9.84 Å². The largest absolute Gasteiger partial charge is 0.386 e. The van der Waals surface area contributed by atoms with E-state index in [4.69, 9.17) is 22.6 Å². The number of amidine groups is 1. The van der Waals surface area contributed by atoms with Crippen LogP contribution in [0.25, 0.3) is 10.4 Å². The van der Waals surface area contributed by atoms with Gasteiger partial charge >= 0.3 is 0 Å². The number of aliphatic imine (C=N–C) groups is 1. The number of halogens is 2. The van der Waals surface area contributed by atoms with Gasteiger partial charge in [-0.2, -0.15) is 5.26 Å². The van der Waals surface area contributed by atoms with Gasteiger partial charge in [0.25, 0.3) is 0 Å². The van der Waals surface area contributed by atoms with Crippen LogP contribution in [0.5, 0.6) is 0 Å². The van der Waals surface area contributed by atoms with Crippen molar-refractivity contribution in [2.24, 2.45) is 10.7 Å². The first kappa shape index (κ1) is 19.8. The molecule has 0 saturated heterocycles. The Labute approximate surface area is 166 Å². The molecule has 0 bridgehead atoms. The Morgan fingerprint density at radius 1 is 1.37 bits per heavy atom. The smallest absolute Gasteiger partial charge is 0.165 e. The van der Waals surface area contributed by atoms with E-state index in [1.807, 2.05) is 0 Å². The fourth-order valence-electron chi connectivity index (χ4n) is 2.94. The number of nitriles is 1. The second kappa shape index (κ2) is 6.30. The topological polar surface area (TPSA) is 96.3 Å². The average molecular weight is 426 g/mol. The van der Waals surface area contributed by atoms with E-state index in [1.54, 1.807) is 31.2 Å². The van der Waals surface area contributed by atoms with Gasteiger partial charge in [0.2, 0.25) is 0 Å². The molecule has 1 aromatic heterocycles. The first-order valence-corrected chi connectivity index (χ1v) is 10.8. The summed E-state index contributed by atoms with van der Waals surface area (Å²) in [6, 6.07) is 7.87. The molecule has 0 spiro atoms. The number of hydrogen-bond acceptors (Lipinski definition) is 6. The predicted octanol–water partition coefficient (Wildman–Crippen LogP) is 3.86. The Bertz CT molecular complexity index is 1120. The third kappa shape index (κ3) is 3.04. The summed E-state index contributed by atoms with van der Waals surface area (Å²) in [5, 5.41) is 9.30. The first-order chi connectivity index (χ1) is 12.4. The van der Waals surface area contributed by atoms with Crippen LogP contribution < -0.4 is 5.73 Å². The zero-order chi connectivity index (χ0) is 20.2. The fourth-order valence-corrected chi connectivity index (χ4v) is 6.35. The maximum atomic E-state index is 14.5. The van der Waals surface area contributed by atoms with Gasteiger partial charge in [-0.25, -0.2) is 12.8 Å². The summed E-state index contributed by atoms with van der Waals surface area (Å²) in [6.45, 7) is 4.69. The standard InChI is InChI=1S/C18H17ClFN3O2S2/c1-17(2)16(22)23-18(3,9-27(17,24)25)15-12(19)7-13(26-15)11-6-4-5-10(8-21)14(11)20/h4-7H,9H2,1-3H3,(H2,22,23). The van der Waals surface area contributed by atoms with Crippen LogP contribution in [0.15, 0.2) is 29.3 Å². The van der Waals surface area contributed by atoms with Gasteiger partial charge in [-0.05, 0) is 32.9 Å². The number of sulfone groups is 1. The van der Waals surface area contributed by atoms with Crippen molar-refractivity contribution in [3.8, 4) is 16.5 Å². The van der Waals surface area contributed by atoms with Gasteiger partial charge in [-0.3, -0.25) is 4.99 Å². The van der Waals surface area contributed by atoms with Crippen molar-refractivity contribution in [1.29, 1.82) is 5.26 Å². The van der Waals surface area contributed by atoms with E-state index in [1.165, 1.54) is 19.9 Å². The Morgan fingerprint density at radius 3 is 2.63 bits per heavy atom. The van der Waals surface area contributed by atoms with Crippen LogP contribution in [0.4, 0.5) is 4.39 Å². The number of rotatable bonds is 2. The van der Waals surface area contributed by atoms with E-state index >= 15 is 0 Å². The molecule has 2 aromatic rings. The third-order valence-electron chi connectivity index (χ3n) is 4.79. The minimum Gasteiger partial charge on any atom is -0.386 e. The zero-order valence-electron chi connectivity index (χ0n) is 14.9. The van der Waals surface area contributed by atoms with E-state index in [0.29, 0.717) is 9.75 Å². The van der Waals surface area contributed by atoms with Crippen molar-refractivity contribution in [3.63, 3.8) is 0 Å². The van der Waals surface area contributed by atoms with E-state index in [-0.39, 0.29) is 27.7 Å². The number of nitrogens with two attached hydrogens (primary N) is 1. The molecule has 0 fully saturated rings. The predicted molar refractivity (Wildman–Crippen MR) is 106 cm³/mol. The monoisotopic (exact) mass is 425 g/mol. The summed E-state index contributed by atoms with van der Waals surface area (Å²) in [6.07, 6.45) is 0. The SMILES string of the molecule is CC1(c2sc(-c3cccc(C#N)c3F)cc2Cl)CS(=O)(=O)C(C)(C)C(N)=N1. The fraction of sp³-hybridized carbons (Fsp3) is 0.333. The van der Waals surface area contributed by atoms with E-state index in [9.17, 15) is 12.8 Å². The molecule has 9 heteroatoms. The molecule has 1 aromatic carbocycles. The summed E-state index contributed by atoms with van der Waals surface area (Å²) in [5.74, 6) is -0.886. The summed E-state index contributed by atoms with van der Waals surface area (Å²) >= 11 is 7.52.